The number of aromatic nitrogens is 1. The molecule has 1 atom stereocenters. The average Bonchev–Trinajstić information content (AvgIpc) is 2.57. The second-order valence-electron chi connectivity index (χ2n) is 6.26. The summed E-state index contributed by atoms with van der Waals surface area (Å²) in [7, 11) is 0. The molecule has 0 spiro atoms. The second-order valence-corrected chi connectivity index (χ2v) is 7.17. The molecule has 126 valence electrons. The van der Waals surface area contributed by atoms with E-state index in [1.54, 1.807) is 18.3 Å². The van der Waals surface area contributed by atoms with E-state index < -0.39 is 5.97 Å². The number of carbonyl (C=O) groups is 1. The molecule has 5 heteroatoms. The molecule has 1 aliphatic heterocycles. The first kappa shape index (κ1) is 17.1. The van der Waals surface area contributed by atoms with Crippen LogP contribution in [0.2, 0.25) is 0 Å². The van der Waals surface area contributed by atoms with Gasteiger partial charge in [0.15, 0.2) is 0 Å². The highest BCUT2D eigenvalue weighted by atomic mass is 79.9. The zero-order valence-electron chi connectivity index (χ0n) is 13.5. The van der Waals surface area contributed by atoms with Crippen LogP contribution in [-0.2, 0) is 13.0 Å². The fourth-order valence-corrected chi connectivity index (χ4v) is 3.83. The summed E-state index contributed by atoms with van der Waals surface area (Å²) in [5.74, 6) is -0.904. The molecule has 1 fully saturated rings. The monoisotopic (exact) mass is 388 g/mol. The highest BCUT2D eigenvalue weighted by Gasteiger charge is 2.24. The number of nitrogens with zero attached hydrogens (tertiary/aromatic N) is 2. The van der Waals surface area contributed by atoms with Gasteiger partial charge in [0.25, 0.3) is 0 Å². The summed E-state index contributed by atoms with van der Waals surface area (Å²) in [6.45, 7) is 1.59. The number of aromatic carboxylic acids is 1. The van der Waals surface area contributed by atoms with Gasteiger partial charge >= 0.3 is 5.97 Å². The number of carboxylic acids is 1. The third-order valence-corrected chi connectivity index (χ3v) is 5.08. The Morgan fingerprint density at radius 3 is 2.96 bits per heavy atom. The van der Waals surface area contributed by atoms with Gasteiger partial charge in [-0.2, -0.15) is 0 Å². The molecule has 0 bridgehead atoms. The minimum atomic E-state index is -0.904. The Balaban J connectivity index is 1.76. The minimum absolute atomic E-state index is 0.310. The van der Waals surface area contributed by atoms with E-state index in [9.17, 15) is 9.90 Å². The maximum absolute atomic E-state index is 11.4. The van der Waals surface area contributed by atoms with Crippen molar-refractivity contribution in [2.45, 2.75) is 38.3 Å². The summed E-state index contributed by atoms with van der Waals surface area (Å²) in [6.07, 6.45) is 6.18. The highest BCUT2D eigenvalue weighted by molar-refractivity contribution is 9.10. The van der Waals surface area contributed by atoms with Crippen LogP contribution in [-0.4, -0.2) is 33.5 Å². The van der Waals surface area contributed by atoms with E-state index in [0.717, 1.165) is 30.3 Å². The molecular weight excluding hydrogens is 368 g/mol. The summed E-state index contributed by atoms with van der Waals surface area (Å²) in [5, 5.41) is 9.36. The number of piperidine rings is 1. The predicted octanol–water partition coefficient (Wildman–Crippen LogP) is 4.14. The molecule has 1 aromatic heterocycles. The fourth-order valence-electron chi connectivity index (χ4n) is 3.39. The van der Waals surface area contributed by atoms with Crippen molar-refractivity contribution in [3.63, 3.8) is 0 Å². The smallest absolute Gasteiger partial charge is 0.337 e. The van der Waals surface area contributed by atoms with Gasteiger partial charge in [-0.25, -0.2) is 4.79 Å². The molecule has 1 aliphatic rings. The van der Waals surface area contributed by atoms with Crippen molar-refractivity contribution in [3.05, 3.63) is 63.9 Å². The van der Waals surface area contributed by atoms with Gasteiger partial charge < -0.3 is 5.11 Å². The summed E-state index contributed by atoms with van der Waals surface area (Å²) < 4.78 is 1.10. The Kier molecular flexibility index (Phi) is 5.63. The molecule has 0 aliphatic carbocycles. The Labute approximate surface area is 150 Å². The lowest BCUT2D eigenvalue weighted by molar-refractivity contribution is 0.0691. The highest BCUT2D eigenvalue weighted by Crippen LogP contribution is 2.24. The van der Waals surface area contributed by atoms with Crippen LogP contribution in [0, 0.1) is 0 Å². The van der Waals surface area contributed by atoms with Crippen LogP contribution in [0.4, 0.5) is 0 Å². The Bertz CT molecular complexity index is 720. The van der Waals surface area contributed by atoms with Crippen LogP contribution >= 0.6 is 15.9 Å². The molecular formula is C19H21BrN2O2. The number of halogens is 1. The Morgan fingerprint density at radius 2 is 2.17 bits per heavy atom. The average molecular weight is 389 g/mol. The first-order valence-corrected chi connectivity index (χ1v) is 9.08. The number of pyridine rings is 1. The number of likely N-dealkylation sites (tertiary alicyclic amines) is 1. The van der Waals surface area contributed by atoms with Gasteiger partial charge in [-0.15, -0.1) is 0 Å². The molecule has 24 heavy (non-hydrogen) atoms. The normalized spacial score (nSPS) is 18.5. The lowest BCUT2D eigenvalue weighted by Gasteiger charge is -2.36. The number of carboxylic acid groups (broad SMARTS) is 1. The second kappa shape index (κ2) is 7.90. The first-order chi connectivity index (χ1) is 11.6. The third kappa shape index (κ3) is 4.22. The van der Waals surface area contributed by atoms with Gasteiger partial charge in [0.1, 0.15) is 0 Å². The first-order valence-electron chi connectivity index (χ1n) is 8.29. The van der Waals surface area contributed by atoms with E-state index in [4.69, 9.17) is 0 Å². The van der Waals surface area contributed by atoms with Gasteiger partial charge in [0, 0.05) is 23.3 Å². The van der Waals surface area contributed by atoms with Crippen molar-refractivity contribution >= 4 is 21.9 Å². The quantitative estimate of drug-likeness (QED) is 0.835. The largest absolute Gasteiger partial charge is 0.478 e. The van der Waals surface area contributed by atoms with E-state index in [1.807, 2.05) is 6.07 Å². The molecule has 1 saturated heterocycles. The van der Waals surface area contributed by atoms with E-state index in [1.165, 1.54) is 12.0 Å². The molecule has 2 heterocycles. The molecule has 4 nitrogen and oxygen atoms in total. The zero-order valence-corrected chi connectivity index (χ0v) is 15.1. The van der Waals surface area contributed by atoms with E-state index in [-0.39, 0.29) is 0 Å². The molecule has 2 aromatic rings. The maximum Gasteiger partial charge on any atom is 0.337 e. The predicted molar refractivity (Wildman–Crippen MR) is 97.1 cm³/mol. The van der Waals surface area contributed by atoms with Crippen LogP contribution in [0.3, 0.4) is 0 Å². The van der Waals surface area contributed by atoms with Crippen molar-refractivity contribution in [2.75, 3.05) is 6.54 Å². The molecule has 3 rings (SSSR count). The van der Waals surface area contributed by atoms with Gasteiger partial charge in [0.2, 0.25) is 0 Å². The van der Waals surface area contributed by atoms with E-state index >= 15 is 0 Å². The van der Waals surface area contributed by atoms with Crippen molar-refractivity contribution in [2.24, 2.45) is 0 Å². The van der Waals surface area contributed by atoms with Crippen LogP contribution in [0.25, 0.3) is 0 Å². The SMILES string of the molecule is O=C(O)c1cccnc1CN1CCCC[C@@H]1Cc1cccc(Br)c1. The van der Waals surface area contributed by atoms with Crippen LogP contribution in [0.15, 0.2) is 47.1 Å². The Hall–Kier alpha value is -1.72. The molecule has 1 N–H and O–H groups in total. The lowest BCUT2D eigenvalue weighted by Crippen LogP contribution is -2.40. The molecule has 0 amide bonds. The van der Waals surface area contributed by atoms with E-state index in [0.29, 0.717) is 23.8 Å². The van der Waals surface area contributed by atoms with Crippen molar-refractivity contribution in [3.8, 4) is 0 Å². The summed E-state index contributed by atoms with van der Waals surface area (Å²) in [5.41, 5.74) is 2.27. The summed E-state index contributed by atoms with van der Waals surface area (Å²) in [6, 6.07) is 12.2. The number of hydrogen-bond acceptors (Lipinski definition) is 3. The molecule has 0 radical (unpaired) electrons. The van der Waals surface area contributed by atoms with Crippen LogP contribution in [0.1, 0.15) is 40.9 Å². The van der Waals surface area contributed by atoms with E-state index in [2.05, 4.69) is 44.0 Å². The number of rotatable bonds is 5. The summed E-state index contributed by atoms with van der Waals surface area (Å²) >= 11 is 3.53. The molecule has 1 aromatic carbocycles. The lowest BCUT2D eigenvalue weighted by atomic mass is 9.95. The fraction of sp³-hybridized carbons (Fsp3) is 0.368. The maximum atomic E-state index is 11.4. The third-order valence-electron chi connectivity index (χ3n) is 4.58. The topological polar surface area (TPSA) is 53.4 Å². The minimum Gasteiger partial charge on any atom is -0.478 e. The van der Waals surface area contributed by atoms with Crippen molar-refractivity contribution in [1.29, 1.82) is 0 Å². The van der Waals surface area contributed by atoms with Gasteiger partial charge in [-0.1, -0.05) is 34.5 Å². The molecule has 0 unspecified atom stereocenters. The van der Waals surface area contributed by atoms with Gasteiger partial charge in [0.05, 0.1) is 11.3 Å². The Morgan fingerprint density at radius 1 is 1.29 bits per heavy atom. The van der Waals surface area contributed by atoms with Crippen LogP contribution < -0.4 is 0 Å². The van der Waals surface area contributed by atoms with Crippen molar-refractivity contribution in [1.82, 2.24) is 9.88 Å². The van der Waals surface area contributed by atoms with Gasteiger partial charge in [-0.05, 0) is 55.6 Å². The van der Waals surface area contributed by atoms with Crippen LogP contribution in [0.5, 0.6) is 0 Å². The van der Waals surface area contributed by atoms with Gasteiger partial charge in [-0.3, -0.25) is 9.88 Å². The number of benzene rings is 1. The number of hydrogen-bond donors (Lipinski definition) is 1. The van der Waals surface area contributed by atoms with Crippen molar-refractivity contribution < 1.29 is 9.90 Å². The summed E-state index contributed by atoms with van der Waals surface area (Å²) in [4.78, 5) is 18.1. The molecule has 0 saturated carbocycles. The standard InChI is InChI=1S/C19H21BrN2O2/c20-15-6-3-5-14(11-15)12-16-7-1-2-10-22(16)13-18-17(19(23)24)8-4-9-21-18/h3-6,8-9,11,16H,1-2,7,10,12-13H2,(H,23,24)/t16-/m1/s1. The zero-order chi connectivity index (χ0) is 16.9.